The zero-order valence-electron chi connectivity index (χ0n) is 14.9. The van der Waals surface area contributed by atoms with Crippen LogP contribution in [0.5, 0.6) is 0 Å². The summed E-state index contributed by atoms with van der Waals surface area (Å²) in [5, 5.41) is 2.05. The number of carbonyl (C=O) groups is 1. The Balaban J connectivity index is 1.32. The third-order valence-electron chi connectivity index (χ3n) is 5.97. The van der Waals surface area contributed by atoms with Crippen LogP contribution in [0.1, 0.15) is 54.3 Å². The van der Waals surface area contributed by atoms with Crippen LogP contribution < -0.4 is 0 Å². The minimum absolute atomic E-state index is 0.121. The Morgan fingerprint density at radius 1 is 1.31 bits per heavy atom. The molecule has 3 aromatic heterocycles. The number of fused-ring (bicyclic) bond motifs is 1. The molecule has 2 aliphatic rings. The minimum atomic E-state index is 0.121. The molecule has 4 heterocycles. The highest BCUT2D eigenvalue weighted by Crippen LogP contribution is 2.31. The molecule has 1 saturated carbocycles. The number of amides is 1. The lowest BCUT2D eigenvalue weighted by Gasteiger charge is -2.33. The van der Waals surface area contributed by atoms with Crippen molar-refractivity contribution in [2.45, 2.75) is 44.6 Å². The zero-order chi connectivity index (χ0) is 17.5. The highest BCUT2D eigenvalue weighted by atomic mass is 32.1. The molecule has 1 aliphatic heterocycles. The van der Waals surface area contributed by atoms with Gasteiger partial charge in [0.25, 0.3) is 5.91 Å². The van der Waals surface area contributed by atoms with Crippen molar-refractivity contribution in [3.8, 4) is 0 Å². The molecule has 5 nitrogen and oxygen atoms in total. The minimum Gasteiger partial charge on any atom is -0.350 e. The third kappa shape index (κ3) is 2.86. The predicted octanol–water partition coefficient (Wildman–Crippen LogP) is 4.25. The molecule has 3 aromatic rings. The van der Waals surface area contributed by atoms with Crippen molar-refractivity contribution in [3.05, 3.63) is 41.4 Å². The number of hydrogen-bond acceptors (Lipinski definition) is 3. The molecule has 0 bridgehead atoms. The van der Waals surface area contributed by atoms with E-state index >= 15 is 0 Å². The SMILES string of the molecule is O=C(c1cc2sccc2[nH]1)N1CCC[C@H](c2nccn2CC2CCC2)C1. The third-order valence-corrected chi connectivity index (χ3v) is 6.84. The van der Waals surface area contributed by atoms with Crippen LogP contribution in [0.15, 0.2) is 29.9 Å². The summed E-state index contributed by atoms with van der Waals surface area (Å²) in [6.45, 7) is 2.70. The Morgan fingerprint density at radius 2 is 2.23 bits per heavy atom. The lowest BCUT2D eigenvalue weighted by Crippen LogP contribution is -2.40. The van der Waals surface area contributed by atoms with Crippen molar-refractivity contribution in [2.75, 3.05) is 13.1 Å². The molecule has 0 aromatic carbocycles. The van der Waals surface area contributed by atoms with Crippen LogP contribution >= 0.6 is 11.3 Å². The van der Waals surface area contributed by atoms with E-state index in [1.807, 2.05) is 28.6 Å². The monoisotopic (exact) mass is 368 g/mol. The molecular formula is C20H24N4OS. The van der Waals surface area contributed by atoms with Crippen LogP contribution in [0, 0.1) is 5.92 Å². The number of rotatable bonds is 4. The molecule has 0 unspecified atom stereocenters. The van der Waals surface area contributed by atoms with Gasteiger partial charge in [0, 0.05) is 37.9 Å². The summed E-state index contributed by atoms with van der Waals surface area (Å²) in [6.07, 6.45) is 10.3. The van der Waals surface area contributed by atoms with Gasteiger partial charge in [-0.15, -0.1) is 11.3 Å². The standard InChI is InChI=1S/C20H24N4OS/c25-20(17-11-18-16(22-17)6-10-26-18)24-8-2-5-15(13-24)19-21-7-9-23(19)12-14-3-1-4-14/h6-7,9-11,14-15,22H,1-5,8,12-13H2/t15-/m0/s1. The number of nitrogens with zero attached hydrogens (tertiary/aromatic N) is 3. The molecule has 0 radical (unpaired) electrons. The Kier molecular flexibility index (Phi) is 4.08. The topological polar surface area (TPSA) is 53.9 Å². The van der Waals surface area contributed by atoms with Gasteiger partial charge in [-0.25, -0.2) is 4.98 Å². The molecule has 1 aliphatic carbocycles. The molecule has 1 saturated heterocycles. The average molecular weight is 369 g/mol. The van der Waals surface area contributed by atoms with Crippen LogP contribution in [-0.2, 0) is 6.54 Å². The Labute approximate surface area is 157 Å². The van der Waals surface area contributed by atoms with E-state index in [0.29, 0.717) is 11.6 Å². The van der Waals surface area contributed by atoms with Gasteiger partial charge in [-0.1, -0.05) is 6.42 Å². The van der Waals surface area contributed by atoms with E-state index in [2.05, 4.69) is 20.7 Å². The van der Waals surface area contributed by atoms with Gasteiger partial charge in [0.15, 0.2) is 0 Å². The summed E-state index contributed by atoms with van der Waals surface area (Å²) in [5.74, 6) is 2.45. The second-order valence-electron chi connectivity index (χ2n) is 7.71. The van der Waals surface area contributed by atoms with Crippen molar-refractivity contribution in [2.24, 2.45) is 5.92 Å². The van der Waals surface area contributed by atoms with Gasteiger partial charge in [0.1, 0.15) is 11.5 Å². The number of nitrogens with one attached hydrogen (secondary N) is 1. The lowest BCUT2D eigenvalue weighted by atomic mass is 9.85. The van der Waals surface area contributed by atoms with E-state index in [4.69, 9.17) is 0 Å². The number of aromatic amines is 1. The van der Waals surface area contributed by atoms with Crippen LogP contribution in [0.2, 0.25) is 0 Å². The maximum Gasteiger partial charge on any atom is 0.270 e. The first-order valence-corrected chi connectivity index (χ1v) is 10.5. The molecular weight excluding hydrogens is 344 g/mol. The molecule has 5 rings (SSSR count). The normalized spacial score (nSPS) is 21.2. The van der Waals surface area contributed by atoms with Gasteiger partial charge in [-0.3, -0.25) is 4.79 Å². The average Bonchev–Trinajstić information content (AvgIpc) is 3.33. The van der Waals surface area contributed by atoms with E-state index in [1.165, 1.54) is 25.1 Å². The fraction of sp³-hybridized carbons (Fsp3) is 0.500. The summed E-state index contributed by atoms with van der Waals surface area (Å²) < 4.78 is 3.49. The molecule has 1 atom stereocenters. The number of likely N-dealkylation sites (tertiary alicyclic amines) is 1. The maximum absolute atomic E-state index is 13.0. The smallest absolute Gasteiger partial charge is 0.270 e. The second kappa shape index (κ2) is 6.58. The van der Waals surface area contributed by atoms with Gasteiger partial charge in [0.2, 0.25) is 0 Å². The van der Waals surface area contributed by atoms with E-state index < -0.39 is 0 Å². The maximum atomic E-state index is 13.0. The van der Waals surface area contributed by atoms with Crippen molar-refractivity contribution in [1.82, 2.24) is 19.4 Å². The van der Waals surface area contributed by atoms with Crippen molar-refractivity contribution in [1.29, 1.82) is 0 Å². The van der Waals surface area contributed by atoms with E-state index in [0.717, 1.165) is 48.6 Å². The van der Waals surface area contributed by atoms with Crippen molar-refractivity contribution >= 4 is 27.5 Å². The Hall–Kier alpha value is -2.08. The number of carbonyl (C=O) groups excluding carboxylic acids is 1. The number of hydrogen-bond donors (Lipinski definition) is 1. The van der Waals surface area contributed by atoms with Crippen LogP contribution in [-0.4, -0.2) is 38.4 Å². The van der Waals surface area contributed by atoms with Gasteiger partial charge >= 0.3 is 0 Å². The first-order valence-electron chi connectivity index (χ1n) is 9.64. The predicted molar refractivity (Wildman–Crippen MR) is 104 cm³/mol. The molecule has 1 amide bonds. The summed E-state index contributed by atoms with van der Waals surface area (Å²) in [4.78, 5) is 22.9. The van der Waals surface area contributed by atoms with Gasteiger partial charge in [0.05, 0.1) is 10.2 Å². The molecule has 136 valence electrons. The fourth-order valence-corrected chi connectivity index (χ4v) is 5.08. The van der Waals surface area contributed by atoms with E-state index in [1.54, 1.807) is 11.3 Å². The number of imidazole rings is 1. The van der Waals surface area contributed by atoms with Crippen LogP contribution in [0.25, 0.3) is 10.2 Å². The van der Waals surface area contributed by atoms with Gasteiger partial charge < -0.3 is 14.5 Å². The lowest BCUT2D eigenvalue weighted by molar-refractivity contribution is 0.0697. The molecule has 6 heteroatoms. The number of H-pyrrole nitrogens is 1. The van der Waals surface area contributed by atoms with Crippen LogP contribution in [0.3, 0.4) is 0 Å². The first-order chi connectivity index (χ1) is 12.8. The van der Waals surface area contributed by atoms with E-state index in [9.17, 15) is 4.79 Å². The summed E-state index contributed by atoms with van der Waals surface area (Å²) in [7, 11) is 0. The highest BCUT2D eigenvalue weighted by Gasteiger charge is 2.29. The molecule has 2 fully saturated rings. The van der Waals surface area contributed by atoms with Gasteiger partial charge in [-0.2, -0.15) is 0 Å². The Bertz CT molecular complexity index is 891. The molecule has 1 N–H and O–H groups in total. The molecule has 26 heavy (non-hydrogen) atoms. The summed E-state index contributed by atoms with van der Waals surface area (Å²) in [5.41, 5.74) is 1.77. The fourth-order valence-electron chi connectivity index (χ4n) is 4.29. The van der Waals surface area contributed by atoms with E-state index in [-0.39, 0.29) is 5.91 Å². The number of thiophene rings is 1. The molecule has 0 spiro atoms. The van der Waals surface area contributed by atoms with Crippen LogP contribution in [0.4, 0.5) is 0 Å². The van der Waals surface area contributed by atoms with Gasteiger partial charge in [-0.05, 0) is 49.1 Å². The largest absolute Gasteiger partial charge is 0.350 e. The quantitative estimate of drug-likeness (QED) is 0.749. The highest BCUT2D eigenvalue weighted by molar-refractivity contribution is 7.17. The summed E-state index contributed by atoms with van der Waals surface area (Å²) >= 11 is 1.67. The number of piperidine rings is 1. The Morgan fingerprint density at radius 3 is 3.04 bits per heavy atom. The first kappa shape index (κ1) is 16.1. The zero-order valence-corrected chi connectivity index (χ0v) is 15.7. The van der Waals surface area contributed by atoms with Crippen molar-refractivity contribution in [3.63, 3.8) is 0 Å². The van der Waals surface area contributed by atoms with Crippen molar-refractivity contribution < 1.29 is 4.79 Å². The summed E-state index contributed by atoms with van der Waals surface area (Å²) in [6, 6.07) is 4.02. The second-order valence-corrected chi connectivity index (χ2v) is 8.65. The number of aromatic nitrogens is 3.